The molecule has 0 saturated heterocycles. The molecule has 7 nitrogen and oxygen atoms in total. The van der Waals surface area contributed by atoms with Crippen LogP contribution in [0.25, 0.3) is 11.0 Å². The normalized spacial score (nSPS) is 10.6. The van der Waals surface area contributed by atoms with E-state index in [1.165, 1.54) is 7.11 Å². The Balaban J connectivity index is 1.47. The van der Waals surface area contributed by atoms with Gasteiger partial charge in [-0.15, -0.1) is 0 Å². The third-order valence-corrected chi connectivity index (χ3v) is 4.91. The van der Waals surface area contributed by atoms with Crippen molar-refractivity contribution in [1.82, 2.24) is 5.32 Å². The number of hydrogen-bond donors (Lipinski definition) is 1. The lowest BCUT2D eigenvalue weighted by molar-refractivity contribution is -0.147. The largest absolute Gasteiger partial charge is 0.465 e. The first-order valence-corrected chi connectivity index (χ1v) is 9.45. The number of nitrogens with one attached hydrogen (secondary N) is 1. The average molecular weight is 409 g/mol. The first-order chi connectivity index (χ1) is 14.4. The van der Waals surface area contributed by atoms with Gasteiger partial charge in [-0.3, -0.25) is 9.59 Å². The quantitative estimate of drug-likeness (QED) is 0.602. The van der Waals surface area contributed by atoms with Gasteiger partial charge in [0, 0.05) is 17.5 Å². The Kier molecular flexibility index (Phi) is 6.51. The number of fused-ring (bicyclic) bond motifs is 1. The van der Waals surface area contributed by atoms with Crippen molar-refractivity contribution in [3.63, 3.8) is 0 Å². The smallest absolute Gasteiger partial charge is 0.337 e. The molecule has 0 unspecified atom stereocenters. The first kappa shape index (κ1) is 21.1. The van der Waals surface area contributed by atoms with Crippen molar-refractivity contribution in [3.8, 4) is 0 Å². The van der Waals surface area contributed by atoms with Crippen LogP contribution in [0.3, 0.4) is 0 Å². The molecule has 0 atom stereocenters. The van der Waals surface area contributed by atoms with Gasteiger partial charge >= 0.3 is 11.9 Å². The van der Waals surface area contributed by atoms with Gasteiger partial charge in [0.25, 0.3) is 5.91 Å². The Morgan fingerprint density at radius 3 is 2.47 bits per heavy atom. The zero-order chi connectivity index (χ0) is 21.7. The monoisotopic (exact) mass is 409 g/mol. The molecule has 2 aromatic carbocycles. The molecular formula is C23H23NO6. The molecule has 156 valence electrons. The summed E-state index contributed by atoms with van der Waals surface area (Å²) in [4.78, 5) is 35.5. The summed E-state index contributed by atoms with van der Waals surface area (Å²) in [6.45, 7) is 3.85. The number of furan rings is 1. The molecular weight excluding hydrogens is 386 g/mol. The van der Waals surface area contributed by atoms with E-state index in [2.05, 4.69) is 10.1 Å². The first-order valence-electron chi connectivity index (χ1n) is 9.45. The SMILES string of the molecule is COC(=O)c1ccc(CNC(=O)COC(=O)Cc2coc3c(C)c(C)ccc23)cc1. The van der Waals surface area contributed by atoms with E-state index in [1.54, 1.807) is 30.5 Å². The maximum absolute atomic E-state index is 12.1. The molecule has 1 amide bonds. The second kappa shape index (κ2) is 9.26. The molecule has 30 heavy (non-hydrogen) atoms. The van der Waals surface area contributed by atoms with Gasteiger partial charge in [-0.25, -0.2) is 4.79 Å². The second-order valence-corrected chi connectivity index (χ2v) is 6.95. The summed E-state index contributed by atoms with van der Waals surface area (Å²) >= 11 is 0. The molecule has 3 aromatic rings. The number of carbonyl (C=O) groups excluding carboxylic acids is 3. The van der Waals surface area contributed by atoms with Crippen molar-refractivity contribution in [2.24, 2.45) is 0 Å². The van der Waals surface area contributed by atoms with E-state index in [4.69, 9.17) is 9.15 Å². The third-order valence-electron chi connectivity index (χ3n) is 4.91. The fraction of sp³-hybridized carbons (Fsp3) is 0.261. The lowest BCUT2D eigenvalue weighted by Gasteiger charge is -2.07. The summed E-state index contributed by atoms with van der Waals surface area (Å²) in [7, 11) is 1.31. The molecule has 3 rings (SSSR count). The molecule has 1 heterocycles. The van der Waals surface area contributed by atoms with Crippen LogP contribution < -0.4 is 5.32 Å². The van der Waals surface area contributed by atoms with E-state index >= 15 is 0 Å². The van der Waals surface area contributed by atoms with Gasteiger partial charge in [0.2, 0.25) is 0 Å². The Morgan fingerprint density at radius 1 is 1.03 bits per heavy atom. The minimum Gasteiger partial charge on any atom is -0.465 e. The maximum Gasteiger partial charge on any atom is 0.337 e. The number of esters is 2. The van der Waals surface area contributed by atoms with Gasteiger partial charge < -0.3 is 19.2 Å². The van der Waals surface area contributed by atoms with E-state index < -0.39 is 17.8 Å². The van der Waals surface area contributed by atoms with Gasteiger partial charge in [-0.05, 0) is 42.7 Å². The molecule has 0 aliphatic heterocycles. The molecule has 0 aliphatic rings. The van der Waals surface area contributed by atoms with Crippen molar-refractivity contribution in [2.75, 3.05) is 13.7 Å². The van der Waals surface area contributed by atoms with Crippen LogP contribution >= 0.6 is 0 Å². The Hall–Kier alpha value is -3.61. The zero-order valence-corrected chi connectivity index (χ0v) is 17.1. The van der Waals surface area contributed by atoms with Crippen molar-refractivity contribution in [1.29, 1.82) is 0 Å². The number of carbonyl (C=O) groups is 3. The summed E-state index contributed by atoms with van der Waals surface area (Å²) in [5, 5.41) is 3.54. The predicted octanol–water partition coefficient (Wildman–Crippen LogP) is 3.24. The van der Waals surface area contributed by atoms with E-state index in [9.17, 15) is 14.4 Å². The summed E-state index contributed by atoms with van der Waals surface area (Å²) in [6, 6.07) is 10.6. The summed E-state index contributed by atoms with van der Waals surface area (Å²) in [5.41, 5.74) is 4.86. The molecule has 0 radical (unpaired) electrons. The Bertz CT molecular complexity index is 1080. The lowest BCUT2D eigenvalue weighted by atomic mass is 10.0. The molecule has 0 bridgehead atoms. The number of rotatable bonds is 7. The molecule has 0 spiro atoms. The lowest BCUT2D eigenvalue weighted by Crippen LogP contribution is -2.28. The van der Waals surface area contributed by atoms with Crippen LogP contribution in [0.4, 0.5) is 0 Å². The van der Waals surface area contributed by atoms with Crippen LogP contribution in [-0.4, -0.2) is 31.6 Å². The summed E-state index contributed by atoms with van der Waals surface area (Å²) in [5.74, 6) is -1.34. The predicted molar refractivity (Wildman–Crippen MR) is 110 cm³/mol. The number of hydrogen-bond acceptors (Lipinski definition) is 6. The van der Waals surface area contributed by atoms with Crippen LogP contribution in [0.2, 0.25) is 0 Å². The highest BCUT2D eigenvalue weighted by molar-refractivity contribution is 5.90. The number of ether oxygens (including phenoxy) is 2. The highest BCUT2D eigenvalue weighted by Crippen LogP contribution is 2.26. The van der Waals surface area contributed by atoms with Crippen molar-refractivity contribution >= 4 is 28.8 Å². The minimum atomic E-state index is -0.506. The number of amides is 1. The highest BCUT2D eigenvalue weighted by atomic mass is 16.5. The number of methoxy groups -OCH3 is 1. The van der Waals surface area contributed by atoms with Gasteiger partial charge in [0.05, 0.1) is 25.4 Å². The fourth-order valence-corrected chi connectivity index (χ4v) is 3.01. The average Bonchev–Trinajstić information content (AvgIpc) is 3.16. The van der Waals surface area contributed by atoms with Crippen LogP contribution in [0.5, 0.6) is 0 Å². The molecule has 7 heteroatoms. The molecule has 0 aliphatic carbocycles. The molecule has 0 saturated carbocycles. The van der Waals surface area contributed by atoms with Crippen molar-refractivity contribution in [2.45, 2.75) is 26.8 Å². The molecule has 0 fully saturated rings. The zero-order valence-electron chi connectivity index (χ0n) is 17.1. The molecule has 1 N–H and O–H groups in total. The standard InChI is InChI=1S/C23H23NO6/c1-14-4-9-19-18(12-30-22(19)15(14)2)10-21(26)29-13-20(25)24-11-16-5-7-17(8-6-16)23(27)28-3/h4-9,12H,10-11,13H2,1-3H3,(H,24,25). The highest BCUT2D eigenvalue weighted by Gasteiger charge is 2.15. The van der Waals surface area contributed by atoms with Gasteiger partial charge in [-0.1, -0.05) is 24.3 Å². The Morgan fingerprint density at radius 2 is 1.77 bits per heavy atom. The van der Waals surface area contributed by atoms with Gasteiger partial charge in [0.1, 0.15) is 5.58 Å². The van der Waals surface area contributed by atoms with Crippen molar-refractivity contribution < 1.29 is 28.3 Å². The van der Waals surface area contributed by atoms with Crippen LogP contribution in [-0.2, 0) is 32.0 Å². The summed E-state index contributed by atoms with van der Waals surface area (Å²) in [6.07, 6.45) is 1.58. The van der Waals surface area contributed by atoms with E-state index in [0.29, 0.717) is 5.56 Å². The Labute approximate surface area is 174 Å². The topological polar surface area (TPSA) is 94.8 Å². The fourth-order valence-electron chi connectivity index (χ4n) is 3.01. The minimum absolute atomic E-state index is 0.0256. The van der Waals surface area contributed by atoms with Gasteiger partial charge in [-0.2, -0.15) is 0 Å². The summed E-state index contributed by atoms with van der Waals surface area (Å²) < 4.78 is 15.3. The van der Waals surface area contributed by atoms with E-state index in [0.717, 1.165) is 33.2 Å². The van der Waals surface area contributed by atoms with Crippen LogP contribution in [0.15, 0.2) is 47.1 Å². The molecule has 1 aromatic heterocycles. The second-order valence-electron chi connectivity index (χ2n) is 6.95. The van der Waals surface area contributed by atoms with Crippen LogP contribution in [0, 0.1) is 13.8 Å². The van der Waals surface area contributed by atoms with Gasteiger partial charge in [0.15, 0.2) is 6.61 Å². The third kappa shape index (κ3) is 4.86. The number of benzene rings is 2. The van der Waals surface area contributed by atoms with E-state index in [-0.39, 0.29) is 19.6 Å². The van der Waals surface area contributed by atoms with E-state index in [1.807, 2.05) is 26.0 Å². The maximum atomic E-state index is 12.1. The van der Waals surface area contributed by atoms with Crippen LogP contribution in [0.1, 0.15) is 32.6 Å². The number of aryl methyl sites for hydroxylation is 2. The van der Waals surface area contributed by atoms with Crippen molar-refractivity contribution in [3.05, 3.63) is 70.5 Å².